The van der Waals surface area contributed by atoms with Gasteiger partial charge in [-0.1, -0.05) is 25.1 Å². The maximum atomic E-state index is 12.9. The third kappa shape index (κ3) is 3.11. The second kappa shape index (κ2) is 6.81. The first-order chi connectivity index (χ1) is 11.5. The molecule has 1 aliphatic heterocycles. The van der Waals surface area contributed by atoms with Crippen molar-refractivity contribution in [2.75, 3.05) is 18.4 Å². The summed E-state index contributed by atoms with van der Waals surface area (Å²) in [6.07, 6.45) is 2.38. The van der Waals surface area contributed by atoms with Crippen LogP contribution in [0.25, 0.3) is 5.69 Å². The van der Waals surface area contributed by atoms with E-state index in [2.05, 4.69) is 17.1 Å². The molecule has 1 N–H and O–H groups in total. The molecule has 1 aromatic heterocycles. The molecule has 2 heterocycles. The Balaban J connectivity index is 1.89. The maximum absolute atomic E-state index is 12.9. The SMILES string of the molecule is Cc1c(NC(=S)N2CCCC(C)C2)c(=O)n(-c2ccccc2)n1C. The van der Waals surface area contributed by atoms with Crippen molar-refractivity contribution in [3.05, 3.63) is 46.4 Å². The highest BCUT2D eigenvalue weighted by Crippen LogP contribution is 2.18. The largest absolute Gasteiger partial charge is 0.349 e. The number of thiocarbonyl (C=S) groups is 1. The van der Waals surface area contributed by atoms with Gasteiger partial charge in [0.2, 0.25) is 0 Å². The molecule has 1 fully saturated rings. The Labute approximate surface area is 147 Å². The molecule has 1 saturated heterocycles. The molecule has 1 atom stereocenters. The predicted octanol–water partition coefficient (Wildman–Crippen LogP) is 2.91. The zero-order chi connectivity index (χ0) is 17.3. The van der Waals surface area contributed by atoms with Crippen LogP contribution >= 0.6 is 12.2 Å². The van der Waals surface area contributed by atoms with Crippen LogP contribution in [0.2, 0.25) is 0 Å². The Morgan fingerprint density at radius 1 is 1.29 bits per heavy atom. The van der Waals surface area contributed by atoms with Gasteiger partial charge in [0.05, 0.1) is 11.4 Å². The van der Waals surface area contributed by atoms with Crippen LogP contribution in [0.4, 0.5) is 5.69 Å². The molecular formula is C18H24N4OS. The predicted molar refractivity (Wildman–Crippen MR) is 102 cm³/mol. The van der Waals surface area contributed by atoms with Gasteiger partial charge in [0.25, 0.3) is 5.56 Å². The van der Waals surface area contributed by atoms with E-state index >= 15 is 0 Å². The van der Waals surface area contributed by atoms with Crippen LogP contribution in [0.1, 0.15) is 25.5 Å². The lowest BCUT2D eigenvalue weighted by molar-refractivity contribution is 0.276. The number of rotatable bonds is 2. The van der Waals surface area contributed by atoms with Gasteiger partial charge in [-0.15, -0.1) is 0 Å². The van der Waals surface area contributed by atoms with E-state index in [1.54, 1.807) is 4.68 Å². The van der Waals surface area contributed by atoms with Gasteiger partial charge in [0.15, 0.2) is 5.11 Å². The molecule has 0 amide bonds. The van der Waals surface area contributed by atoms with E-state index in [1.165, 1.54) is 6.42 Å². The molecule has 0 radical (unpaired) electrons. The summed E-state index contributed by atoms with van der Waals surface area (Å²) in [5, 5.41) is 3.85. The standard InChI is InChI=1S/C18H24N4OS/c1-13-8-7-11-21(12-13)18(24)19-16-14(2)20(3)22(17(16)23)15-9-5-4-6-10-15/h4-6,9-10,13H,7-8,11-12H2,1-3H3,(H,19,24). The highest BCUT2D eigenvalue weighted by molar-refractivity contribution is 7.80. The summed E-state index contributed by atoms with van der Waals surface area (Å²) in [6, 6.07) is 9.65. The molecule has 0 aliphatic carbocycles. The average molecular weight is 344 g/mol. The summed E-state index contributed by atoms with van der Waals surface area (Å²) in [7, 11) is 1.89. The number of para-hydroxylation sites is 1. The summed E-state index contributed by atoms with van der Waals surface area (Å²) in [5.74, 6) is 0.636. The summed E-state index contributed by atoms with van der Waals surface area (Å²) >= 11 is 5.55. The highest BCUT2D eigenvalue weighted by Gasteiger charge is 2.22. The molecule has 0 saturated carbocycles. The van der Waals surface area contributed by atoms with Crippen molar-refractivity contribution in [3.63, 3.8) is 0 Å². The third-order valence-electron chi connectivity index (χ3n) is 4.73. The Bertz CT molecular complexity index is 793. The molecule has 1 aliphatic rings. The maximum Gasteiger partial charge on any atom is 0.295 e. The number of hydrogen-bond donors (Lipinski definition) is 1. The molecule has 2 aromatic rings. The van der Waals surface area contributed by atoms with Crippen molar-refractivity contribution in [1.82, 2.24) is 14.3 Å². The second-order valence-electron chi connectivity index (χ2n) is 6.56. The average Bonchev–Trinajstić information content (AvgIpc) is 2.79. The Morgan fingerprint density at radius 3 is 2.67 bits per heavy atom. The van der Waals surface area contributed by atoms with Crippen LogP contribution in [0.5, 0.6) is 0 Å². The number of aromatic nitrogens is 2. The Hall–Kier alpha value is -2.08. The molecule has 0 spiro atoms. The van der Waals surface area contributed by atoms with Gasteiger partial charge in [-0.3, -0.25) is 9.48 Å². The van der Waals surface area contributed by atoms with Gasteiger partial charge in [-0.05, 0) is 50.0 Å². The summed E-state index contributed by atoms with van der Waals surface area (Å²) < 4.78 is 3.53. The van der Waals surface area contributed by atoms with Gasteiger partial charge < -0.3 is 10.2 Å². The molecule has 1 aromatic carbocycles. The van der Waals surface area contributed by atoms with Crippen molar-refractivity contribution >= 4 is 23.0 Å². The molecule has 0 bridgehead atoms. The van der Waals surface area contributed by atoms with Crippen LogP contribution in [0.15, 0.2) is 35.1 Å². The van der Waals surface area contributed by atoms with Gasteiger partial charge >= 0.3 is 0 Å². The molecule has 128 valence electrons. The molecule has 3 rings (SSSR count). The van der Waals surface area contributed by atoms with E-state index in [0.717, 1.165) is 30.9 Å². The molecule has 5 nitrogen and oxygen atoms in total. The number of anilines is 1. The van der Waals surface area contributed by atoms with E-state index in [9.17, 15) is 4.79 Å². The van der Waals surface area contributed by atoms with E-state index in [1.807, 2.05) is 49.0 Å². The highest BCUT2D eigenvalue weighted by atomic mass is 32.1. The van der Waals surface area contributed by atoms with Crippen LogP contribution < -0.4 is 10.9 Å². The van der Waals surface area contributed by atoms with E-state index < -0.39 is 0 Å². The third-order valence-corrected chi connectivity index (χ3v) is 5.09. The summed E-state index contributed by atoms with van der Waals surface area (Å²) in [5.41, 5.74) is 2.20. The van der Waals surface area contributed by atoms with Crippen LogP contribution in [0.3, 0.4) is 0 Å². The van der Waals surface area contributed by atoms with Gasteiger partial charge in [-0.2, -0.15) is 0 Å². The molecular weight excluding hydrogens is 320 g/mol. The number of hydrogen-bond acceptors (Lipinski definition) is 2. The van der Waals surface area contributed by atoms with Crippen molar-refractivity contribution in [2.24, 2.45) is 13.0 Å². The van der Waals surface area contributed by atoms with Gasteiger partial charge in [-0.25, -0.2) is 4.68 Å². The number of nitrogens with zero attached hydrogens (tertiary/aromatic N) is 3. The lowest BCUT2D eigenvalue weighted by Gasteiger charge is -2.32. The number of benzene rings is 1. The zero-order valence-electron chi connectivity index (χ0n) is 14.5. The first-order valence-corrected chi connectivity index (χ1v) is 8.80. The first-order valence-electron chi connectivity index (χ1n) is 8.39. The zero-order valence-corrected chi connectivity index (χ0v) is 15.3. The number of nitrogens with one attached hydrogen (secondary N) is 1. The second-order valence-corrected chi connectivity index (χ2v) is 6.95. The fourth-order valence-corrected chi connectivity index (χ4v) is 3.54. The summed E-state index contributed by atoms with van der Waals surface area (Å²) in [4.78, 5) is 15.1. The number of likely N-dealkylation sites (tertiary alicyclic amines) is 1. The smallest absolute Gasteiger partial charge is 0.295 e. The fraction of sp³-hybridized carbons (Fsp3) is 0.444. The molecule has 6 heteroatoms. The number of piperidine rings is 1. The molecule has 24 heavy (non-hydrogen) atoms. The van der Waals surface area contributed by atoms with Crippen LogP contribution in [-0.4, -0.2) is 32.5 Å². The minimum atomic E-state index is -0.0754. The lowest BCUT2D eigenvalue weighted by atomic mass is 10.0. The monoisotopic (exact) mass is 344 g/mol. The van der Waals surface area contributed by atoms with Crippen molar-refractivity contribution in [2.45, 2.75) is 26.7 Å². The minimum absolute atomic E-state index is 0.0754. The van der Waals surface area contributed by atoms with E-state index in [4.69, 9.17) is 12.2 Å². The van der Waals surface area contributed by atoms with E-state index in [0.29, 0.717) is 16.7 Å². The lowest BCUT2D eigenvalue weighted by Crippen LogP contribution is -2.42. The van der Waals surface area contributed by atoms with Gasteiger partial charge in [0, 0.05) is 20.1 Å². The van der Waals surface area contributed by atoms with Crippen molar-refractivity contribution in [1.29, 1.82) is 0 Å². The van der Waals surface area contributed by atoms with Crippen molar-refractivity contribution in [3.8, 4) is 5.69 Å². The summed E-state index contributed by atoms with van der Waals surface area (Å²) in [6.45, 7) is 6.08. The molecule has 1 unspecified atom stereocenters. The van der Waals surface area contributed by atoms with Gasteiger partial charge in [0.1, 0.15) is 5.69 Å². The Kier molecular flexibility index (Phi) is 4.76. The first kappa shape index (κ1) is 16.8. The van der Waals surface area contributed by atoms with Crippen LogP contribution in [0, 0.1) is 12.8 Å². The van der Waals surface area contributed by atoms with E-state index in [-0.39, 0.29) is 5.56 Å². The van der Waals surface area contributed by atoms with Crippen molar-refractivity contribution < 1.29 is 0 Å². The topological polar surface area (TPSA) is 42.2 Å². The fourth-order valence-electron chi connectivity index (χ4n) is 3.27. The Morgan fingerprint density at radius 2 is 2.00 bits per heavy atom. The quantitative estimate of drug-likeness (QED) is 0.851. The normalized spacial score (nSPS) is 17.8. The van der Waals surface area contributed by atoms with Crippen LogP contribution in [-0.2, 0) is 7.05 Å². The minimum Gasteiger partial charge on any atom is -0.349 e.